The first-order valence-electron chi connectivity index (χ1n) is 6.33. The Morgan fingerprint density at radius 1 is 1.29 bits per heavy atom. The fourth-order valence-electron chi connectivity index (χ4n) is 2.06. The van der Waals surface area contributed by atoms with Crippen LogP contribution in [0.5, 0.6) is 0 Å². The van der Waals surface area contributed by atoms with Gasteiger partial charge in [0.15, 0.2) is 5.96 Å². The van der Waals surface area contributed by atoms with E-state index in [-0.39, 0.29) is 24.0 Å². The maximum absolute atomic E-state index is 5.01. The molecule has 0 spiro atoms. The second-order valence-corrected chi connectivity index (χ2v) is 4.32. The molecule has 0 radical (unpaired) electrons. The van der Waals surface area contributed by atoms with Crippen molar-refractivity contribution in [3.63, 3.8) is 0 Å². The van der Waals surface area contributed by atoms with Crippen LogP contribution in [0.25, 0.3) is 0 Å². The lowest BCUT2D eigenvalue weighted by Crippen LogP contribution is -2.44. The van der Waals surface area contributed by atoms with E-state index < -0.39 is 0 Å². The van der Waals surface area contributed by atoms with Crippen molar-refractivity contribution in [3.05, 3.63) is 0 Å². The summed E-state index contributed by atoms with van der Waals surface area (Å²) in [6.45, 7) is 1.72. The van der Waals surface area contributed by atoms with Crippen LogP contribution in [0, 0.1) is 0 Å². The van der Waals surface area contributed by atoms with Crippen molar-refractivity contribution < 1.29 is 4.74 Å². The smallest absolute Gasteiger partial charge is 0.191 e. The van der Waals surface area contributed by atoms with E-state index in [0.29, 0.717) is 6.04 Å². The fourth-order valence-corrected chi connectivity index (χ4v) is 2.06. The first kappa shape index (κ1) is 17.0. The van der Waals surface area contributed by atoms with Crippen molar-refractivity contribution in [1.82, 2.24) is 10.6 Å². The SMILES string of the molecule is CN=C(NCCCOC)NC1CCCCC1.I. The molecule has 2 N–H and O–H groups in total. The third kappa shape index (κ3) is 7.81. The molecule has 102 valence electrons. The third-order valence-electron chi connectivity index (χ3n) is 2.99. The van der Waals surface area contributed by atoms with Crippen LogP contribution < -0.4 is 10.6 Å². The molecule has 1 aliphatic carbocycles. The van der Waals surface area contributed by atoms with Gasteiger partial charge in [-0.3, -0.25) is 4.99 Å². The second-order valence-electron chi connectivity index (χ2n) is 4.32. The number of aliphatic imine (C=N–C) groups is 1. The van der Waals surface area contributed by atoms with E-state index in [1.165, 1.54) is 32.1 Å². The van der Waals surface area contributed by atoms with E-state index in [1.807, 2.05) is 7.05 Å². The molecule has 0 aromatic carbocycles. The normalized spacial score (nSPS) is 17.4. The van der Waals surface area contributed by atoms with Crippen LogP contribution in [0.3, 0.4) is 0 Å². The van der Waals surface area contributed by atoms with Crippen LogP contribution in [0.15, 0.2) is 4.99 Å². The third-order valence-corrected chi connectivity index (χ3v) is 2.99. The number of rotatable bonds is 5. The number of nitrogens with zero attached hydrogens (tertiary/aromatic N) is 1. The summed E-state index contributed by atoms with van der Waals surface area (Å²) >= 11 is 0. The van der Waals surface area contributed by atoms with Gasteiger partial charge in [0.05, 0.1) is 0 Å². The zero-order valence-corrected chi connectivity index (χ0v) is 13.3. The van der Waals surface area contributed by atoms with Gasteiger partial charge in [-0.2, -0.15) is 0 Å². The molecule has 0 atom stereocenters. The molecule has 0 aliphatic heterocycles. The number of methoxy groups -OCH3 is 1. The predicted molar refractivity (Wildman–Crippen MR) is 83.3 cm³/mol. The number of guanidine groups is 1. The number of halogens is 1. The summed E-state index contributed by atoms with van der Waals surface area (Å²) in [6.07, 6.45) is 7.65. The van der Waals surface area contributed by atoms with Crippen molar-refractivity contribution in [2.24, 2.45) is 4.99 Å². The van der Waals surface area contributed by atoms with Crippen LogP contribution in [-0.2, 0) is 4.74 Å². The topological polar surface area (TPSA) is 45.7 Å². The molecule has 0 bridgehead atoms. The maximum atomic E-state index is 5.01. The summed E-state index contributed by atoms with van der Waals surface area (Å²) < 4.78 is 5.01. The Kier molecular flexibility index (Phi) is 11.0. The zero-order valence-electron chi connectivity index (χ0n) is 11.0. The lowest BCUT2D eigenvalue weighted by atomic mass is 9.96. The second kappa shape index (κ2) is 11.1. The van der Waals surface area contributed by atoms with Crippen molar-refractivity contribution >= 4 is 29.9 Å². The lowest BCUT2D eigenvalue weighted by molar-refractivity contribution is 0.195. The number of ether oxygens (including phenoxy) is 1. The molecule has 17 heavy (non-hydrogen) atoms. The fraction of sp³-hybridized carbons (Fsp3) is 0.917. The monoisotopic (exact) mass is 355 g/mol. The Balaban J connectivity index is 0.00000256. The quantitative estimate of drug-likeness (QED) is 0.344. The average Bonchev–Trinajstić information content (AvgIpc) is 2.34. The molecule has 0 heterocycles. The largest absolute Gasteiger partial charge is 0.385 e. The van der Waals surface area contributed by atoms with E-state index in [1.54, 1.807) is 7.11 Å². The van der Waals surface area contributed by atoms with Gasteiger partial charge in [0, 0.05) is 33.4 Å². The average molecular weight is 355 g/mol. The first-order chi connectivity index (χ1) is 7.86. The highest BCUT2D eigenvalue weighted by molar-refractivity contribution is 14.0. The Morgan fingerprint density at radius 3 is 2.59 bits per heavy atom. The lowest BCUT2D eigenvalue weighted by Gasteiger charge is -2.24. The Bertz CT molecular complexity index is 206. The Morgan fingerprint density at radius 2 is 2.00 bits per heavy atom. The van der Waals surface area contributed by atoms with Gasteiger partial charge in [0.25, 0.3) is 0 Å². The van der Waals surface area contributed by atoms with Gasteiger partial charge in [-0.1, -0.05) is 19.3 Å². The highest BCUT2D eigenvalue weighted by atomic mass is 127. The van der Waals surface area contributed by atoms with Gasteiger partial charge in [0.2, 0.25) is 0 Å². The summed E-state index contributed by atoms with van der Waals surface area (Å²) in [5, 5.41) is 6.79. The van der Waals surface area contributed by atoms with Crippen LogP contribution in [0.4, 0.5) is 0 Å². The Hall–Kier alpha value is -0.0400. The van der Waals surface area contributed by atoms with Crippen molar-refractivity contribution in [3.8, 4) is 0 Å². The highest BCUT2D eigenvalue weighted by Crippen LogP contribution is 2.17. The highest BCUT2D eigenvalue weighted by Gasteiger charge is 2.13. The number of hydrogen-bond donors (Lipinski definition) is 2. The van der Waals surface area contributed by atoms with E-state index >= 15 is 0 Å². The molecule has 0 aromatic rings. The molecular formula is C12H26IN3O. The molecule has 1 saturated carbocycles. The summed E-state index contributed by atoms with van der Waals surface area (Å²) in [5.74, 6) is 0.933. The van der Waals surface area contributed by atoms with Gasteiger partial charge >= 0.3 is 0 Å². The van der Waals surface area contributed by atoms with Crippen LogP contribution in [-0.4, -0.2) is 39.3 Å². The molecular weight excluding hydrogens is 329 g/mol. The molecule has 4 nitrogen and oxygen atoms in total. The number of nitrogens with one attached hydrogen (secondary N) is 2. The molecule has 0 unspecified atom stereocenters. The summed E-state index contributed by atoms with van der Waals surface area (Å²) in [7, 11) is 3.56. The maximum Gasteiger partial charge on any atom is 0.191 e. The first-order valence-corrected chi connectivity index (χ1v) is 6.33. The minimum atomic E-state index is 0. The summed E-state index contributed by atoms with van der Waals surface area (Å²) in [5.41, 5.74) is 0. The van der Waals surface area contributed by atoms with Gasteiger partial charge < -0.3 is 15.4 Å². The Labute approximate surface area is 122 Å². The minimum absolute atomic E-state index is 0. The van der Waals surface area contributed by atoms with Crippen LogP contribution >= 0.6 is 24.0 Å². The zero-order chi connectivity index (χ0) is 11.6. The van der Waals surface area contributed by atoms with E-state index in [0.717, 1.165) is 25.5 Å². The summed E-state index contributed by atoms with van der Waals surface area (Å²) in [6, 6.07) is 0.613. The predicted octanol–water partition coefficient (Wildman–Crippen LogP) is 2.14. The molecule has 5 heteroatoms. The van der Waals surface area contributed by atoms with Crippen LogP contribution in [0.1, 0.15) is 38.5 Å². The van der Waals surface area contributed by atoms with Gasteiger partial charge in [-0.15, -0.1) is 24.0 Å². The standard InChI is InChI=1S/C12H25N3O.HI/c1-13-12(14-9-6-10-16-2)15-11-7-4-3-5-8-11;/h11H,3-10H2,1-2H3,(H2,13,14,15);1H. The van der Waals surface area contributed by atoms with E-state index in [2.05, 4.69) is 15.6 Å². The van der Waals surface area contributed by atoms with Crippen LogP contribution in [0.2, 0.25) is 0 Å². The molecule has 1 aliphatic rings. The van der Waals surface area contributed by atoms with Gasteiger partial charge in [-0.05, 0) is 19.3 Å². The molecule has 0 amide bonds. The molecule has 1 rings (SSSR count). The summed E-state index contributed by atoms with van der Waals surface area (Å²) in [4.78, 5) is 4.23. The molecule has 1 fully saturated rings. The molecule has 0 saturated heterocycles. The number of hydrogen-bond acceptors (Lipinski definition) is 2. The van der Waals surface area contributed by atoms with Crippen molar-refractivity contribution in [2.75, 3.05) is 27.3 Å². The van der Waals surface area contributed by atoms with Crippen molar-refractivity contribution in [2.45, 2.75) is 44.6 Å². The van der Waals surface area contributed by atoms with Gasteiger partial charge in [0.1, 0.15) is 0 Å². The molecule has 0 aromatic heterocycles. The van der Waals surface area contributed by atoms with E-state index in [9.17, 15) is 0 Å². The van der Waals surface area contributed by atoms with Crippen molar-refractivity contribution in [1.29, 1.82) is 0 Å². The minimum Gasteiger partial charge on any atom is -0.385 e. The van der Waals surface area contributed by atoms with E-state index in [4.69, 9.17) is 4.74 Å². The van der Waals surface area contributed by atoms with Gasteiger partial charge in [-0.25, -0.2) is 0 Å².